The smallest absolute Gasteiger partial charge is 0.332 e. The van der Waals surface area contributed by atoms with Crippen molar-refractivity contribution < 1.29 is 15.0 Å². The van der Waals surface area contributed by atoms with Crippen molar-refractivity contribution in [2.45, 2.75) is 31.8 Å². The molecule has 1 saturated carbocycles. The van der Waals surface area contributed by atoms with E-state index in [4.69, 9.17) is 10.2 Å². The Hall–Kier alpha value is -0.570. The highest BCUT2D eigenvalue weighted by Crippen LogP contribution is 2.27. The average molecular weight is 144 g/mol. The van der Waals surface area contributed by atoms with Gasteiger partial charge >= 0.3 is 5.97 Å². The molecule has 1 atom stereocenters. The lowest BCUT2D eigenvalue weighted by atomic mass is 10.0. The summed E-state index contributed by atoms with van der Waals surface area (Å²) in [5.41, 5.74) is 0. The SMILES string of the molecule is O=C(O)C(O)C1CCCC1. The molecule has 1 rings (SSSR count). The number of carboxylic acid groups (broad SMARTS) is 1. The Kier molecular flexibility index (Phi) is 2.27. The van der Waals surface area contributed by atoms with Gasteiger partial charge in [-0.25, -0.2) is 4.79 Å². The lowest BCUT2D eigenvalue weighted by molar-refractivity contribution is -0.149. The van der Waals surface area contributed by atoms with Crippen molar-refractivity contribution in [3.63, 3.8) is 0 Å². The number of carbonyl (C=O) groups is 1. The minimum Gasteiger partial charge on any atom is -0.479 e. The number of aliphatic hydroxyl groups excluding tert-OH is 1. The number of hydrogen-bond donors (Lipinski definition) is 2. The fourth-order valence-electron chi connectivity index (χ4n) is 1.47. The Morgan fingerprint density at radius 3 is 2.30 bits per heavy atom. The molecule has 0 bridgehead atoms. The Morgan fingerprint density at radius 2 is 1.90 bits per heavy atom. The Balaban J connectivity index is 2.39. The van der Waals surface area contributed by atoms with Crippen LogP contribution in [0.4, 0.5) is 0 Å². The van der Waals surface area contributed by atoms with Crippen molar-refractivity contribution in [3.05, 3.63) is 0 Å². The Bertz CT molecular complexity index is 127. The van der Waals surface area contributed by atoms with Crippen LogP contribution in [0.2, 0.25) is 0 Å². The largest absolute Gasteiger partial charge is 0.479 e. The molecule has 58 valence electrons. The van der Waals surface area contributed by atoms with Gasteiger partial charge in [0.15, 0.2) is 6.10 Å². The normalized spacial score (nSPS) is 22.9. The third kappa shape index (κ3) is 1.48. The van der Waals surface area contributed by atoms with Crippen LogP contribution in [0.15, 0.2) is 0 Å². The van der Waals surface area contributed by atoms with Crippen LogP contribution in [0.3, 0.4) is 0 Å². The molecule has 3 heteroatoms. The third-order valence-corrected chi connectivity index (χ3v) is 2.10. The van der Waals surface area contributed by atoms with E-state index in [1.807, 2.05) is 0 Å². The molecule has 0 saturated heterocycles. The van der Waals surface area contributed by atoms with Crippen LogP contribution in [0, 0.1) is 5.92 Å². The fourth-order valence-corrected chi connectivity index (χ4v) is 1.47. The van der Waals surface area contributed by atoms with Gasteiger partial charge < -0.3 is 10.2 Å². The number of hydrogen-bond acceptors (Lipinski definition) is 2. The van der Waals surface area contributed by atoms with Crippen LogP contribution in [0.5, 0.6) is 0 Å². The number of carboxylic acids is 1. The van der Waals surface area contributed by atoms with E-state index in [0.29, 0.717) is 0 Å². The number of rotatable bonds is 2. The first-order chi connectivity index (χ1) is 4.72. The zero-order valence-corrected chi connectivity index (χ0v) is 5.79. The van der Waals surface area contributed by atoms with Gasteiger partial charge in [-0.3, -0.25) is 0 Å². The van der Waals surface area contributed by atoms with Crippen molar-refractivity contribution in [2.75, 3.05) is 0 Å². The maximum Gasteiger partial charge on any atom is 0.332 e. The summed E-state index contributed by atoms with van der Waals surface area (Å²) in [6.45, 7) is 0. The van der Waals surface area contributed by atoms with Gasteiger partial charge in [0.2, 0.25) is 0 Å². The predicted molar refractivity (Wildman–Crippen MR) is 35.6 cm³/mol. The Morgan fingerprint density at radius 1 is 1.40 bits per heavy atom. The zero-order chi connectivity index (χ0) is 7.56. The molecule has 1 aliphatic carbocycles. The van der Waals surface area contributed by atoms with Crippen molar-refractivity contribution in [1.29, 1.82) is 0 Å². The number of aliphatic hydroxyl groups is 1. The molecule has 0 radical (unpaired) electrons. The lowest BCUT2D eigenvalue weighted by Crippen LogP contribution is -2.27. The monoisotopic (exact) mass is 144 g/mol. The van der Waals surface area contributed by atoms with E-state index in [1.165, 1.54) is 0 Å². The van der Waals surface area contributed by atoms with Crippen LogP contribution in [0.1, 0.15) is 25.7 Å². The molecule has 10 heavy (non-hydrogen) atoms. The standard InChI is InChI=1S/C7H12O3/c8-6(7(9)10)5-3-1-2-4-5/h5-6,8H,1-4H2,(H,9,10). The molecule has 0 aromatic rings. The van der Waals surface area contributed by atoms with Gasteiger partial charge in [-0.05, 0) is 18.8 Å². The van der Waals surface area contributed by atoms with E-state index in [0.717, 1.165) is 25.7 Å². The molecule has 1 unspecified atom stereocenters. The van der Waals surface area contributed by atoms with E-state index in [1.54, 1.807) is 0 Å². The number of aliphatic carboxylic acids is 1. The highest BCUT2D eigenvalue weighted by atomic mass is 16.4. The second-order valence-electron chi connectivity index (χ2n) is 2.83. The quantitative estimate of drug-likeness (QED) is 0.597. The van der Waals surface area contributed by atoms with E-state index in [2.05, 4.69) is 0 Å². The molecule has 0 spiro atoms. The van der Waals surface area contributed by atoms with Gasteiger partial charge in [-0.15, -0.1) is 0 Å². The first-order valence-electron chi connectivity index (χ1n) is 3.62. The molecule has 3 nitrogen and oxygen atoms in total. The van der Waals surface area contributed by atoms with Gasteiger partial charge in [0.1, 0.15) is 0 Å². The third-order valence-electron chi connectivity index (χ3n) is 2.10. The molecule has 1 fully saturated rings. The lowest BCUT2D eigenvalue weighted by Gasteiger charge is -2.11. The molecular formula is C7H12O3. The molecule has 2 N–H and O–H groups in total. The highest BCUT2D eigenvalue weighted by Gasteiger charge is 2.27. The van der Waals surface area contributed by atoms with Crippen LogP contribution in [-0.4, -0.2) is 22.3 Å². The second-order valence-corrected chi connectivity index (χ2v) is 2.83. The summed E-state index contributed by atoms with van der Waals surface area (Å²) in [5.74, 6) is -1.07. The minimum atomic E-state index is -1.12. The summed E-state index contributed by atoms with van der Waals surface area (Å²) in [4.78, 5) is 10.2. The van der Waals surface area contributed by atoms with Crippen LogP contribution in [0.25, 0.3) is 0 Å². The topological polar surface area (TPSA) is 57.5 Å². The van der Waals surface area contributed by atoms with Crippen molar-refractivity contribution in [1.82, 2.24) is 0 Å². The maximum atomic E-state index is 10.2. The summed E-state index contributed by atoms with van der Waals surface area (Å²) in [7, 11) is 0. The van der Waals surface area contributed by atoms with Gasteiger partial charge in [0.05, 0.1) is 0 Å². The van der Waals surface area contributed by atoms with Gasteiger partial charge in [0.25, 0.3) is 0 Å². The fraction of sp³-hybridized carbons (Fsp3) is 0.857. The van der Waals surface area contributed by atoms with Crippen LogP contribution >= 0.6 is 0 Å². The minimum absolute atomic E-state index is 0.0116. The van der Waals surface area contributed by atoms with E-state index in [9.17, 15) is 4.79 Å². The maximum absolute atomic E-state index is 10.2. The summed E-state index contributed by atoms with van der Waals surface area (Å²) in [5, 5.41) is 17.4. The Labute approximate surface area is 59.7 Å². The van der Waals surface area contributed by atoms with E-state index >= 15 is 0 Å². The van der Waals surface area contributed by atoms with Gasteiger partial charge in [-0.1, -0.05) is 12.8 Å². The van der Waals surface area contributed by atoms with Gasteiger partial charge in [0, 0.05) is 0 Å². The predicted octanol–water partition coefficient (Wildman–Crippen LogP) is 0.622. The van der Waals surface area contributed by atoms with Crippen molar-refractivity contribution in [3.8, 4) is 0 Å². The first-order valence-corrected chi connectivity index (χ1v) is 3.62. The van der Waals surface area contributed by atoms with Crippen LogP contribution in [-0.2, 0) is 4.79 Å². The molecule has 0 aromatic carbocycles. The van der Waals surface area contributed by atoms with Crippen LogP contribution < -0.4 is 0 Å². The zero-order valence-electron chi connectivity index (χ0n) is 5.79. The molecular weight excluding hydrogens is 132 g/mol. The van der Waals surface area contributed by atoms with Gasteiger partial charge in [-0.2, -0.15) is 0 Å². The highest BCUT2D eigenvalue weighted by molar-refractivity contribution is 5.72. The molecule has 0 amide bonds. The molecule has 0 aliphatic heterocycles. The first kappa shape index (κ1) is 7.54. The second kappa shape index (κ2) is 3.01. The summed E-state index contributed by atoms with van der Waals surface area (Å²) in [6, 6.07) is 0. The summed E-state index contributed by atoms with van der Waals surface area (Å²) >= 11 is 0. The molecule has 0 heterocycles. The molecule has 0 aromatic heterocycles. The average Bonchev–Trinajstić information content (AvgIpc) is 2.36. The summed E-state index contributed by atoms with van der Waals surface area (Å²) in [6.07, 6.45) is 2.74. The van der Waals surface area contributed by atoms with Crippen molar-refractivity contribution >= 4 is 5.97 Å². The van der Waals surface area contributed by atoms with E-state index in [-0.39, 0.29) is 5.92 Å². The molecule has 1 aliphatic rings. The van der Waals surface area contributed by atoms with Crippen molar-refractivity contribution in [2.24, 2.45) is 5.92 Å². The summed E-state index contributed by atoms with van der Waals surface area (Å²) < 4.78 is 0. The van der Waals surface area contributed by atoms with E-state index < -0.39 is 12.1 Å².